The van der Waals surface area contributed by atoms with E-state index in [1.807, 2.05) is 17.7 Å². The molecule has 104 valence electrons. The first-order chi connectivity index (χ1) is 8.99. The Labute approximate surface area is 114 Å². The molecule has 7 heteroatoms. The van der Waals surface area contributed by atoms with Gasteiger partial charge in [-0.25, -0.2) is 9.59 Å². The second-order valence-corrected chi connectivity index (χ2v) is 5.38. The Balaban J connectivity index is 1.96. The third kappa shape index (κ3) is 3.05. The molecule has 2 rings (SSSR count). The summed E-state index contributed by atoms with van der Waals surface area (Å²) in [5.41, 5.74) is 2.12. The predicted molar refractivity (Wildman–Crippen MR) is 70.0 cm³/mol. The number of carboxylic acid groups (broad SMARTS) is 1. The van der Waals surface area contributed by atoms with Crippen molar-refractivity contribution in [1.82, 2.24) is 10.2 Å². The number of carboxylic acids is 1. The van der Waals surface area contributed by atoms with Gasteiger partial charge in [0.15, 0.2) is 0 Å². The minimum absolute atomic E-state index is 0.0609. The summed E-state index contributed by atoms with van der Waals surface area (Å²) >= 11 is 1.56. The van der Waals surface area contributed by atoms with E-state index in [1.165, 1.54) is 4.90 Å². The molecule has 3 N–H and O–H groups in total. The Kier molecular flexibility index (Phi) is 4.06. The van der Waals surface area contributed by atoms with E-state index in [1.54, 1.807) is 11.3 Å². The summed E-state index contributed by atoms with van der Waals surface area (Å²) in [4.78, 5) is 24.1. The van der Waals surface area contributed by atoms with Crippen molar-refractivity contribution in [3.63, 3.8) is 0 Å². The molecule has 1 aliphatic heterocycles. The molecule has 0 bridgehead atoms. The topological polar surface area (TPSA) is 89.9 Å². The van der Waals surface area contributed by atoms with Gasteiger partial charge in [-0.2, -0.15) is 11.3 Å². The quantitative estimate of drug-likeness (QED) is 0.765. The first-order valence-corrected chi connectivity index (χ1v) is 6.90. The Hall–Kier alpha value is -1.60. The van der Waals surface area contributed by atoms with Crippen LogP contribution in [0.5, 0.6) is 0 Å². The summed E-state index contributed by atoms with van der Waals surface area (Å²) in [6.45, 7) is 2.39. The molecule has 2 heterocycles. The zero-order valence-electron chi connectivity index (χ0n) is 10.5. The van der Waals surface area contributed by atoms with Crippen LogP contribution >= 0.6 is 11.3 Å². The van der Waals surface area contributed by atoms with Crippen molar-refractivity contribution in [2.75, 3.05) is 6.54 Å². The molecule has 1 fully saturated rings. The first kappa shape index (κ1) is 13.8. The second-order valence-electron chi connectivity index (χ2n) is 4.63. The van der Waals surface area contributed by atoms with Crippen LogP contribution in [0.3, 0.4) is 0 Å². The van der Waals surface area contributed by atoms with Crippen LogP contribution in [0.25, 0.3) is 0 Å². The number of aliphatic hydroxyl groups is 1. The van der Waals surface area contributed by atoms with Crippen molar-refractivity contribution >= 4 is 23.3 Å². The molecule has 2 amide bonds. The van der Waals surface area contributed by atoms with E-state index < -0.39 is 24.1 Å². The second kappa shape index (κ2) is 5.58. The number of hydrogen-bond acceptors (Lipinski definition) is 4. The fourth-order valence-electron chi connectivity index (χ4n) is 2.11. The number of aliphatic carboxylic acids is 1. The molecule has 2 atom stereocenters. The minimum atomic E-state index is -1.08. The summed E-state index contributed by atoms with van der Waals surface area (Å²) < 4.78 is 0. The summed E-state index contributed by atoms with van der Waals surface area (Å²) in [6, 6.07) is -1.40. The van der Waals surface area contributed by atoms with Crippen LogP contribution in [0.15, 0.2) is 10.8 Å². The average molecular weight is 284 g/mol. The fourth-order valence-corrected chi connectivity index (χ4v) is 2.97. The monoisotopic (exact) mass is 284 g/mol. The van der Waals surface area contributed by atoms with Gasteiger partial charge in [0.25, 0.3) is 0 Å². The molecular weight excluding hydrogens is 268 g/mol. The molecule has 0 unspecified atom stereocenters. The van der Waals surface area contributed by atoms with Crippen molar-refractivity contribution in [1.29, 1.82) is 0 Å². The van der Waals surface area contributed by atoms with Gasteiger partial charge >= 0.3 is 12.0 Å². The maximum absolute atomic E-state index is 12.0. The lowest BCUT2D eigenvalue weighted by Crippen LogP contribution is -2.45. The molecule has 1 aromatic rings. The fraction of sp³-hybridized carbons (Fsp3) is 0.500. The van der Waals surface area contributed by atoms with E-state index in [9.17, 15) is 14.7 Å². The van der Waals surface area contributed by atoms with Crippen LogP contribution in [-0.2, 0) is 11.3 Å². The molecule has 19 heavy (non-hydrogen) atoms. The summed E-state index contributed by atoms with van der Waals surface area (Å²) in [7, 11) is 0. The van der Waals surface area contributed by atoms with Gasteiger partial charge in [-0.05, 0) is 28.8 Å². The van der Waals surface area contributed by atoms with Crippen LogP contribution < -0.4 is 5.32 Å². The largest absolute Gasteiger partial charge is 0.480 e. The molecule has 1 saturated heterocycles. The lowest BCUT2D eigenvalue weighted by Gasteiger charge is -2.21. The highest BCUT2D eigenvalue weighted by Crippen LogP contribution is 2.19. The highest BCUT2D eigenvalue weighted by atomic mass is 32.1. The van der Waals surface area contributed by atoms with Gasteiger partial charge in [-0.1, -0.05) is 0 Å². The Morgan fingerprint density at radius 2 is 2.26 bits per heavy atom. The molecule has 1 aliphatic rings. The van der Waals surface area contributed by atoms with E-state index >= 15 is 0 Å². The standard InChI is InChI=1S/C12H16N2O4S/c1-7-5-19-6-8(7)3-13-12(18)14-4-9(15)2-10(14)11(16)17/h5-6,9-10,15H,2-4H2,1H3,(H,13,18)(H,16,17)/t9-,10-/m1/s1. The van der Waals surface area contributed by atoms with Gasteiger partial charge in [0, 0.05) is 19.5 Å². The molecule has 0 spiro atoms. The van der Waals surface area contributed by atoms with Gasteiger partial charge in [0.05, 0.1) is 6.10 Å². The lowest BCUT2D eigenvalue weighted by molar-refractivity contribution is -0.141. The maximum Gasteiger partial charge on any atom is 0.326 e. The van der Waals surface area contributed by atoms with Crippen LogP contribution in [0.2, 0.25) is 0 Å². The minimum Gasteiger partial charge on any atom is -0.480 e. The smallest absolute Gasteiger partial charge is 0.326 e. The molecule has 6 nitrogen and oxygen atoms in total. The van der Waals surface area contributed by atoms with E-state index in [-0.39, 0.29) is 13.0 Å². The van der Waals surface area contributed by atoms with E-state index in [2.05, 4.69) is 5.32 Å². The first-order valence-electron chi connectivity index (χ1n) is 5.96. The zero-order valence-corrected chi connectivity index (χ0v) is 11.3. The third-order valence-corrected chi connectivity index (χ3v) is 4.13. The van der Waals surface area contributed by atoms with E-state index in [0.29, 0.717) is 6.54 Å². The number of rotatable bonds is 3. The normalized spacial score (nSPS) is 22.5. The number of aliphatic hydroxyl groups excluding tert-OH is 1. The molecule has 0 aliphatic carbocycles. The SMILES string of the molecule is Cc1cscc1CNC(=O)N1C[C@H](O)C[C@@H]1C(=O)O. The number of urea groups is 1. The number of amides is 2. The maximum atomic E-state index is 12.0. The number of aryl methyl sites for hydroxylation is 1. The number of β-amino-alcohol motifs (C(OH)–C–C–N with tert-alkyl or cyclic N) is 1. The van der Waals surface area contributed by atoms with Gasteiger partial charge < -0.3 is 20.4 Å². The van der Waals surface area contributed by atoms with E-state index in [0.717, 1.165) is 11.1 Å². The summed E-state index contributed by atoms with van der Waals surface area (Å²) in [5.74, 6) is -1.08. The molecule has 0 radical (unpaired) electrons. The molecule has 1 aromatic heterocycles. The number of likely N-dealkylation sites (tertiary alicyclic amines) is 1. The zero-order chi connectivity index (χ0) is 14.0. The van der Waals surface area contributed by atoms with Crippen LogP contribution in [0.4, 0.5) is 4.79 Å². The van der Waals surface area contributed by atoms with E-state index in [4.69, 9.17) is 5.11 Å². The van der Waals surface area contributed by atoms with Gasteiger partial charge in [0.1, 0.15) is 6.04 Å². The van der Waals surface area contributed by atoms with Crippen LogP contribution in [0.1, 0.15) is 17.5 Å². The Morgan fingerprint density at radius 1 is 1.53 bits per heavy atom. The number of carbonyl (C=O) groups is 2. The van der Waals surface area contributed by atoms with Crippen LogP contribution in [0, 0.1) is 6.92 Å². The van der Waals surface area contributed by atoms with Gasteiger partial charge in [-0.3, -0.25) is 0 Å². The number of thiophene rings is 1. The van der Waals surface area contributed by atoms with Gasteiger partial charge in [0.2, 0.25) is 0 Å². The average Bonchev–Trinajstić information content (AvgIpc) is 2.92. The summed E-state index contributed by atoms with van der Waals surface area (Å²) in [5, 5.41) is 25.1. The lowest BCUT2D eigenvalue weighted by atomic mass is 10.2. The molecule has 0 aromatic carbocycles. The molecule has 0 saturated carbocycles. The molecular formula is C12H16N2O4S. The predicted octanol–water partition coefficient (Wildman–Crippen LogP) is 0.786. The van der Waals surface area contributed by atoms with Crippen LogP contribution in [-0.4, -0.2) is 45.8 Å². The summed E-state index contributed by atoms with van der Waals surface area (Å²) in [6.07, 6.45) is -0.685. The Bertz CT molecular complexity index is 488. The number of carbonyl (C=O) groups excluding carboxylic acids is 1. The van der Waals surface area contributed by atoms with Gasteiger partial charge in [-0.15, -0.1) is 0 Å². The van der Waals surface area contributed by atoms with Crippen molar-refractivity contribution in [3.05, 3.63) is 21.9 Å². The number of hydrogen-bond donors (Lipinski definition) is 3. The highest BCUT2D eigenvalue weighted by molar-refractivity contribution is 7.08. The van der Waals surface area contributed by atoms with Crippen molar-refractivity contribution in [2.45, 2.75) is 32.0 Å². The van der Waals surface area contributed by atoms with Crippen molar-refractivity contribution in [3.8, 4) is 0 Å². The van der Waals surface area contributed by atoms with Crippen molar-refractivity contribution < 1.29 is 19.8 Å². The number of nitrogens with zero attached hydrogens (tertiary/aromatic N) is 1. The third-order valence-electron chi connectivity index (χ3n) is 3.22. The highest BCUT2D eigenvalue weighted by Gasteiger charge is 2.38. The van der Waals surface area contributed by atoms with Crippen molar-refractivity contribution in [2.24, 2.45) is 0 Å². The Morgan fingerprint density at radius 3 is 2.84 bits per heavy atom. The number of nitrogens with one attached hydrogen (secondary N) is 1.